The number of fused-ring (bicyclic) bond motifs is 1. The Balaban J connectivity index is 1.29. The van der Waals surface area contributed by atoms with Crippen molar-refractivity contribution in [1.29, 1.82) is 0 Å². The number of hydrogen-bond donors (Lipinski definition) is 1. The first-order valence-corrected chi connectivity index (χ1v) is 10.1. The average molecular weight is 373 g/mol. The number of nitrogens with zero attached hydrogens (tertiary/aromatic N) is 4. The van der Waals surface area contributed by atoms with E-state index in [-0.39, 0.29) is 11.0 Å². The molecule has 0 radical (unpaired) electrons. The van der Waals surface area contributed by atoms with E-state index in [0.29, 0.717) is 5.91 Å². The maximum atomic E-state index is 13.6. The summed E-state index contributed by atoms with van der Waals surface area (Å²) < 4.78 is 0. The summed E-state index contributed by atoms with van der Waals surface area (Å²) >= 11 is 0. The number of aromatic amines is 1. The van der Waals surface area contributed by atoms with Crippen LogP contribution in [0.5, 0.6) is 0 Å². The Kier molecular flexibility index (Phi) is 3.20. The van der Waals surface area contributed by atoms with Crippen molar-refractivity contribution < 1.29 is 4.79 Å². The van der Waals surface area contributed by atoms with E-state index in [1.165, 1.54) is 5.56 Å². The van der Waals surface area contributed by atoms with Gasteiger partial charge in [0.25, 0.3) is 0 Å². The molecule has 0 unspecified atom stereocenters. The van der Waals surface area contributed by atoms with Gasteiger partial charge in [0.05, 0.1) is 16.3 Å². The summed E-state index contributed by atoms with van der Waals surface area (Å²) in [6, 6.07) is 12.4. The number of H-pyrrole nitrogens is 1. The van der Waals surface area contributed by atoms with E-state index >= 15 is 0 Å². The standard InChI is InChI=1S/C22H23N5O/c28-20(22(9-10-22)16-4-2-1-3-5-16)27-13-12-26(14-21(27)7-8-21)19-17-6-11-23-18(17)24-15-25-19/h1-6,11,15H,7-10,12-14H2,(H,23,24,25). The van der Waals surface area contributed by atoms with Gasteiger partial charge >= 0.3 is 0 Å². The fourth-order valence-electron chi connectivity index (χ4n) is 4.92. The van der Waals surface area contributed by atoms with Gasteiger partial charge in [0, 0.05) is 25.8 Å². The first-order valence-electron chi connectivity index (χ1n) is 10.1. The molecule has 3 heterocycles. The molecule has 6 rings (SSSR count). The molecule has 6 nitrogen and oxygen atoms in total. The highest BCUT2D eigenvalue weighted by molar-refractivity contribution is 5.93. The quantitative estimate of drug-likeness (QED) is 0.767. The summed E-state index contributed by atoms with van der Waals surface area (Å²) in [5.41, 5.74) is 1.76. The maximum absolute atomic E-state index is 13.6. The van der Waals surface area contributed by atoms with Crippen molar-refractivity contribution in [2.24, 2.45) is 0 Å². The van der Waals surface area contributed by atoms with Gasteiger partial charge in [-0.3, -0.25) is 4.79 Å². The third kappa shape index (κ3) is 2.23. The Morgan fingerprint density at radius 2 is 1.82 bits per heavy atom. The van der Waals surface area contributed by atoms with Crippen LogP contribution >= 0.6 is 0 Å². The average Bonchev–Trinajstić information content (AvgIpc) is 3.65. The van der Waals surface area contributed by atoms with Crippen molar-refractivity contribution in [3.05, 3.63) is 54.5 Å². The molecule has 1 aliphatic heterocycles. The summed E-state index contributed by atoms with van der Waals surface area (Å²) in [5, 5.41) is 1.06. The van der Waals surface area contributed by atoms with Gasteiger partial charge in [-0.25, -0.2) is 9.97 Å². The van der Waals surface area contributed by atoms with Crippen molar-refractivity contribution in [3.63, 3.8) is 0 Å². The highest BCUT2D eigenvalue weighted by atomic mass is 16.2. The molecule has 1 spiro atoms. The van der Waals surface area contributed by atoms with Crippen LogP contribution in [0.15, 0.2) is 48.9 Å². The molecule has 28 heavy (non-hydrogen) atoms. The third-order valence-corrected chi connectivity index (χ3v) is 6.84. The van der Waals surface area contributed by atoms with Crippen LogP contribution in [0.1, 0.15) is 31.2 Å². The van der Waals surface area contributed by atoms with Crippen LogP contribution in [0.4, 0.5) is 5.82 Å². The molecule has 0 bridgehead atoms. The lowest BCUT2D eigenvalue weighted by molar-refractivity contribution is -0.137. The van der Waals surface area contributed by atoms with Crippen LogP contribution in [0, 0.1) is 0 Å². The maximum Gasteiger partial charge on any atom is 0.233 e. The highest BCUT2D eigenvalue weighted by Gasteiger charge is 2.60. The molecule has 142 valence electrons. The lowest BCUT2D eigenvalue weighted by atomic mass is 9.92. The van der Waals surface area contributed by atoms with E-state index in [4.69, 9.17) is 0 Å². The van der Waals surface area contributed by atoms with Gasteiger partial charge in [-0.05, 0) is 37.3 Å². The van der Waals surface area contributed by atoms with Crippen LogP contribution in [-0.4, -0.2) is 50.9 Å². The number of hydrogen-bond acceptors (Lipinski definition) is 4. The zero-order valence-corrected chi connectivity index (χ0v) is 15.8. The molecule has 0 atom stereocenters. The van der Waals surface area contributed by atoms with Crippen LogP contribution in [0.3, 0.4) is 0 Å². The number of carbonyl (C=O) groups excluding carboxylic acids is 1. The summed E-state index contributed by atoms with van der Waals surface area (Å²) in [5.74, 6) is 1.32. The molecule has 1 aromatic carbocycles. The Morgan fingerprint density at radius 1 is 1.00 bits per heavy atom. The van der Waals surface area contributed by atoms with Gasteiger partial charge in [0.15, 0.2) is 0 Å². The molecule has 1 amide bonds. The number of piperazine rings is 1. The smallest absolute Gasteiger partial charge is 0.233 e. The highest BCUT2D eigenvalue weighted by Crippen LogP contribution is 2.54. The van der Waals surface area contributed by atoms with E-state index in [1.54, 1.807) is 6.33 Å². The molecule has 1 N–H and O–H groups in total. The van der Waals surface area contributed by atoms with E-state index in [9.17, 15) is 4.79 Å². The fraction of sp³-hybridized carbons (Fsp3) is 0.409. The largest absolute Gasteiger partial charge is 0.352 e. The summed E-state index contributed by atoms with van der Waals surface area (Å²) in [6.45, 7) is 2.44. The van der Waals surface area contributed by atoms with Crippen LogP contribution < -0.4 is 4.90 Å². The lowest BCUT2D eigenvalue weighted by Gasteiger charge is -2.44. The van der Waals surface area contributed by atoms with Crippen molar-refractivity contribution in [2.75, 3.05) is 24.5 Å². The Labute approximate surface area is 163 Å². The zero-order valence-electron chi connectivity index (χ0n) is 15.8. The van der Waals surface area contributed by atoms with Crippen molar-refractivity contribution in [3.8, 4) is 0 Å². The minimum absolute atomic E-state index is 0.0206. The molecule has 2 aliphatic carbocycles. The SMILES string of the molecule is O=C(N1CCN(c2ncnc3[nH]ccc23)CC12CC2)C1(c2ccccc2)CC1. The lowest BCUT2D eigenvalue weighted by Crippen LogP contribution is -2.59. The molecule has 1 saturated heterocycles. The number of nitrogens with one attached hydrogen (secondary N) is 1. The summed E-state index contributed by atoms with van der Waals surface area (Å²) in [4.78, 5) is 30.2. The van der Waals surface area contributed by atoms with E-state index in [0.717, 1.165) is 62.2 Å². The Bertz CT molecular complexity index is 1050. The molecular formula is C22H23N5O. The summed E-state index contributed by atoms with van der Waals surface area (Å²) in [7, 11) is 0. The topological polar surface area (TPSA) is 65.1 Å². The van der Waals surface area contributed by atoms with E-state index in [2.05, 4.69) is 36.9 Å². The van der Waals surface area contributed by atoms with Crippen LogP contribution in [-0.2, 0) is 10.2 Å². The second kappa shape index (κ2) is 5.56. The van der Waals surface area contributed by atoms with Crippen molar-refractivity contribution in [1.82, 2.24) is 19.9 Å². The van der Waals surface area contributed by atoms with Gasteiger partial charge in [-0.15, -0.1) is 0 Å². The Morgan fingerprint density at radius 3 is 2.57 bits per heavy atom. The predicted octanol–water partition coefficient (Wildman–Crippen LogP) is 2.87. The number of rotatable bonds is 3. The first kappa shape index (κ1) is 16.1. The van der Waals surface area contributed by atoms with Gasteiger partial charge in [-0.2, -0.15) is 0 Å². The predicted molar refractivity (Wildman–Crippen MR) is 107 cm³/mol. The van der Waals surface area contributed by atoms with Gasteiger partial charge in [-0.1, -0.05) is 30.3 Å². The van der Waals surface area contributed by atoms with Crippen LogP contribution in [0.25, 0.3) is 11.0 Å². The van der Waals surface area contributed by atoms with Crippen LogP contribution in [0.2, 0.25) is 0 Å². The molecule has 2 saturated carbocycles. The normalized spacial score (nSPS) is 21.9. The number of carbonyl (C=O) groups is 1. The van der Waals surface area contributed by atoms with Gasteiger partial charge in [0.1, 0.15) is 17.8 Å². The molecular weight excluding hydrogens is 350 g/mol. The van der Waals surface area contributed by atoms with E-state index < -0.39 is 0 Å². The molecule has 3 aromatic rings. The van der Waals surface area contributed by atoms with E-state index in [1.807, 2.05) is 30.5 Å². The summed E-state index contributed by atoms with van der Waals surface area (Å²) in [6.07, 6.45) is 7.65. The monoisotopic (exact) mass is 373 g/mol. The zero-order chi connectivity index (χ0) is 18.8. The number of benzene rings is 1. The third-order valence-electron chi connectivity index (χ3n) is 6.84. The fourth-order valence-corrected chi connectivity index (χ4v) is 4.92. The molecule has 3 fully saturated rings. The minimum Gasteiger partial charge on any atom is -0.352 e. The molecule has 6 heteroatoms. The Hall–Kier alpha value is -2.89. The van der Waals surface area contributed by atoms with Crippen molar-refractivity contribution >= 4 is 22.8 Å². The minimum atomic E-state index is -0.276. The first-order chi connectivity index (χ1) is 13.7. The second-order valence-corrected chi connectivity index (χ2v) is 8.49. The van der Waals surface area contributed by atoms with Gasteiger partial charge < -0.3 is 14.8 Å². The number of anilines is 1. The van der Waals surface area contributed by atoms with Crippen molar-refractivity contribution in [2.45, 2.75) is 36.6 Å². The molecule has 2 aromatic heterocycles. The number of amides is 1. The van der Waals surface area contributed by atoms with Gasteiger partial charge in [0.2, 0.25) is 5.91 Å². The number of aromatic nitrogens is 3. The molecule has 3 aliphatic rings. The second-order valence-electron chi connectivity index (χ2n) is 8.49.